The molecule has 0 aliphatic heterocycles. The van der Waals surface area contributed by atoms with Crippen LogP contribution < -0.4 is 0 Å². The van der Waals surface area contributed by atoms with Crippen molar-refractivity contribution in [2.75, 3.05) is 0 Å². The van der Waals surface area contributed by atoms with Crippen molar-refractivity contribution < 1.29 is 14.8 Å². The Morgan fingerprint density at radius 2 is 2.26 bits per heavy atom. The van der Waals surface area contributed by atoms with Gasteiger partial charge < -0.3 is 5.11 Å². The van der Waals surface area contributed by atoms with E-state index >= 15 is 0 Å². The molecule has 0 aromatic rings. The topological polar surface area (TPSA) is 80.4 Å². The van der Waals surface area contributed by atoms with Gasteiger partial charge in [-0.3, -0.25) is 14.9 Å². The molecule has 1 aliphatic rings. The molecule has 0 radical (unpaired) electrons. The smallest absolute Gasteiger partial charge is 0.313 e. The molecule has 0 spiro atoms. The van der Waals surface area contributed by atoms with Gasteiger partial charge in [0.25, 0.3) is 0 Å². The van der Waals surface area contributed by atoms with Crippen LogP contribution in [0.25, 0.3) is 0 Å². The number of rotatable bonds is 6. The summed E-state index contributed by atoms with van der Waals surface area (Å²) in [6.45, 7) is 1.66. The third-order valence-electron chi connectivity index (χ3n) is 3.57. The van der Waals surface area contributed by atoms with Crippen LogP contribution in [0.5, 0.6) is 0 Å². The zero-order chi connectivity index (χ0) is 14.3. The summed E-state index contributed by atoms with van der Waals surface area (Å²) in [5.74, 6) is -2.03. The molecule has 0 aromatic heterocycles. The number of carboxylic acid groups (broad SMARTS) is 1. The van der Waals surface area contributed by atoms with Gasteiger partial charge in [-0.05, 0) is 43.8 Å². The summed E-state index contributed by atoms with van der Waals surface area (Å²) in [5.41, 5.74) is 4.04. The lowest BCUT2D eigenvalue weighted by molar-refractivity contribution is -0.530. The van der Waals surface area contributed by atoms with Gasteiger partial charge in [0.1, 0.15) is 5.92 Å². The highest BCUT2D eigenvalue weighted by Crippen LogP contribution is 2.24. The predicted molar refractivity (Wildman–Crippen MR) is 71.5 cm³/mol. The molecular weight excluding hydrogens is 246 g/mol. The molecule has 1 aliphatic carbocycles. The largest absolute Gasteiger partial charge is 0.481 e. The number of aliphatic carboxylic acids is 1. The summed E-state index contributed by atoms with van der Waals surface area (Å²) < 4.78 is 0. The number of carboxylic acids is 1. The van der Waals surface area contributed by atoms with E-state index in [-0.39, 0.29) is 12.8 Å². The van der Waals surface area contributed by atoms with Gasteiger partial charge in [0.2, 0.25) is 6.04 Å². The lowest BCUT2D eigenvalue weighted by atomic mass is 9.88. The first kappa shape index (κ1) is 15.4. The van der Waals surface area contributed by atoms with Gasteiger partial charge in [0, 0.05) is 11.3 Å². The number of allylic oxidation sites excluding steroid dienone is 1. The van der Waals surface area contributed by atoms with Crippen LogP contribution in [-0.2, 0) is 4.79 Å². The molecule has 2 unspecified atom stereocenters. The molecule has 0 amide bonds. The molecule has 19 heavy (non-hydrogen) atoms. The van der Waals surface area contributed by atoms with Crippen LogP contribution in [0.1, 0.15) is 51.9 Å². The van der Waals surface area contributed by atoms with Crippen LogP contribution in [0, 0.1) is 16.0 Å². The normalized spacial score (nSPS) is 18.9. The number of nitrogens with zero attached hydrogens (tertiary/aromatic N) is 1. The van der Waals surface area contributed by atoms with Crippen molar-refractivity contribution in [1.29, 1.82) is 0 Å². The van der Waals surface area contributed by atoms with Gasteiger partial charge in [-0.1, -0.05) is 13.3 Å². The molecule has 1 N–H and O–H groups in total. The number of carbonyl (C=O) groups is 1. The minimum atomic E-state index is -1.08. The molecular formula is C14H21NO4. The number of hydrogen-bond donors (Lipinski definition) is 1. The third kappa shape index (κ3) is 4.87. The highest BCUT2D eigenvalue weighted by molar-refractivity contribution is 5.71. The van der Waals surface area contributed by atoms with Gasteiger partial charge in [0.05, 0.1) is 0 Å². The van der Waals surface area contributed by atoms with Gasteiger partial charge >= 0.3 is 5.97 Å². The number of nitro groups is 1. The second kappa shape index (κ2) is 7.74. The minimum Gasteiger partial charge on any atom is -0.481 e. The van der Waals surface area contributed by atoms with E-state index in [2.05, 4.69) is 5.73 Å². The van der Waals surface area contributed by atoms with Crippen molar-refractivity contribution in [3.05, 3.63) is 27.5 Å². The van der Waals surface area contributed by atoms with Crippen LogP contribution in [0.4, 0.5) is 0 Å². The van der Waals surface area contributed by atoms with E-state index in [1.54, 1.807) is 6.92 Å². The Kier molecular flexibility index (Phi) is 6.30. The molecule has 106 valence electrons. The van der Waals surface area contributed by atoms with E-state index in [0.717, 1.165) is 37.7 Å². The molecule has 0 heterocycles. The molecule has 5 nitrogen and oxygen atoms in total. The summed E-state index contributed by atoms with van der Waals surface area (Å²) in [6, 6.07) is -1.02. The summed E-state index contributed by atoms with van der Waals surface area (Å²) in [7, 11) is 0. The van der Waals surface area contributed by atoms with Crippen LogP contribution in [-0.4, -0.2) is 22.0 Å². The van der Waals surface area contributed by atoms with Crippen molar-refractivity contribution in [3.8, 4) is 0 Å². The van der Waals surface area contributed by atoms with E-state index in [9.17, 15) is 20.0 Å². The average molecular weight is 267 g/mol. The molecule has 0 fully saturated rings. The molecule has 0 bridgehead atoms. The zero-order valence-electron chi connectivity index (χ0n) is 11.3. The standard InChI is InChI=1S/C14H21NO4/c1-2-13(15(18)19)12(14(16)17)10-11-8-6-4-3-5-7-9-11/h6,12-13H,2-5,7,9-10H2,1H3,(H,16,17). The Labute approximate surface area is 113 Å². The number of hydrogen-bond acceptors (Lipinski definition) is 3. The maximum absolute atomic E-state index is 11.3. The Balaban J connectivity index is 2.85. The lowest BCUT2D eigenvalue weighted by Crippen LogP contribution is -2.34. The highest BCUT2D eigenvalue weighted by Gasteiger charge is 2.36. The van der Waals surface area contributed by atoms with E-state index in [4.69, 9.17) is 0 Å². The zero-order valence-corrected chi connectivity index (χ0v) is 11.3. The molecule has 0 aromatic carbocycles. The predicted octanol–water partition coefficient (Wildman–Crippen LogP) is 3.18. The van der Waals surface area contributed by atoms with Gasteiger partial charge in [-0.15, -0.1) is 5.73 Å². The summed E-state index contributed by atoms with van der Waals surface area (Å²) in [4.78, 5) is 21.8. The second-order valence-corrected chi connectivity index (χ2v) is 4.96. The van der Waals surface area contributed by atoms with Gasteiger partial charge in [0.15, 0.2) is 0 Å². The van der Waals surface area contributed by atoms with Crippen LogP contribution >= 0.6 is 0 Å². The van der Waals surface area contributed by atoms with Crippen LogP contribution in [0.15, 0.2) is 17.4 Å². The van der Waals surface area contributed by atoms with E-state index in [0.29, 0.717) is 0 Å². The lowest BCUT2D eigenvalue weighted by Gasteiger charge is -2.17. The molecule has 5 heteroatoms. The maximum atomic E-state index is 11.3. The fourth-order valence-corrected chi connectivity index (χ4v) is 2.45. The molecule has 0 saturated carbocycles. The third-order valence-corrected chi connectivity index (χ3v) is 3.57. The quantitative estimate of drug-likeness (QED) is 0.455. The fraction of sp³-hybridized carbons (Fsp3) is 0.714. The molecule has 1 rings (SSSR count). The first-order valence-corrected chi connectivity index (χ1v) is 6.85. The Bertz CT molecular complexity index is 396. The first-order chi connectivity index (χ1) is 9.06. The van der Waals surface area contributed by atoms with Gasteiger partial charge in [-0.2, -0.15) is 0 Å². The molecule has 0 saturated heterocycles. The van der Waals surface area contributed by atoms with Crippen molar-refractivity contribution >= 4 is 5.97 Å². The van der Waals surface area contributed by atoms with Crippen molar-refractivity contribution in [3.63, 3.8) is 0 Å². The minimum absolute atomic E-state index is 0.237. The first-order valence-electron chi connectivity index (χ1n) is 6.85. The van der Waals surface area contributed by atoms with Crippen molar-refractivity contribution in [2.45, 2.75) is 57.9 Å². The Hall–Kier alpha value is -1.61. The van der Waals surface area contributed by atoms with Crippen LogP contribution in [0.2, 0.25) is 0 Å². The van der Waals surface area contributed by atoms with E-state index in [1.807, 2.05) is 6.08 Å². The Morgan fingerprint density at radius 3 is 2.84 bits per heavy atom. The molecule has 2 atom stereocenters. The fourth-order valence-electron chi connectivity index (χ4n) is 2.45. The summed E-state index contributed by atoms with van der Waals surface area (Å²) in [5, 5.41) is 20.2. The summed E-state index contributed by atoms with van der Waals surface area (Å²) >= 11 is 0. The highest BCUT2D eigenvalue weighted by atomic mass is 16.6. The van der Waals surface area contributed by atoms with E-state index in [1.165, 1.54) is 0 Å². The summed E-state index contributed by atoms with van der Waals surface area (Å²) in [6.07, 6.45) is 7.42. The van der Waals surface area contributed by atoms with Crippen LogP contribution in [0.3, 0.4) is 0 Å². The van der Waals surface area contributed by atoms with Crippen molar-refractivity contribution in [1.82, 2.24) is 0 Å². The van der Waals surface area contributed by atoms with Crippen molar-refractivity contribution in [2.24, 2.45) is 5.92 Å². The van der Waals surface area contributed by atoms with Gasteiger partial charge in [-0.25, -0.2) is 0 Å². The Morgan fingerprint density at radius 1 is 1.53 bits per heavy atom. The second-order valence-electron chi connectivity index (χ2n) is 4.96. The monoisotopic (exact) mass is 267 g/mol. The average Bonchev–Trinajstić information content (AvgIpc) is 2.30. The maximum Gasteiger partial charge on any atom is 0.313 e. The van der Waals surface area contributed by atoms with E-state index < -0.39 is 22.9 Å². The SMILES string of the molecule is CCC(C(CC1=C=CCCCCC1)C(=O)O)[N+](=O)[O-].